The Labute approximate surface area is 189 Å². The Morgan fingerprint density at radius 2 is 1.91 bits per heavy atom. The van der Waals surface area contributed by atoms with E-state index in [2.05, 4.69) is 27.0 Å². The number of hydrogen-bond donors (Lipinski definition) is 3. The van der Waals surface area contributed by atoms with Crippen molar-refractivity contribution in [1.29, 1.82) is 5.26 Å². The zero-order chi connectivity index (χ0) is 23.4. The maximum Gasteiger partial charge on any atom is 0.268 e. The molecule has 0 fully saturated rings. The molecular formula is C23H20N8O2. The number of aromatic nitrogens is 4. The van der Waals surface area contributed by atoms with Crippen molar-refractivity contribution >= 4 is 40.0 Å². The van der Waals surface area contributed by atoms with Crippen LogP contribution < -0.4 is 16.0 Å². The van der Waals surface area contributed by atoms with E-state index in [1.54, 1.807) is 53.2 Å². The highest BCUT2D eigenvalue weighted by molar-refractivity contribution is 6.07. The standard InChI is InChI=1S/C23H20N8O2/c1-15(13-24)23(33)30(16-7-3-2-4-8-16)11-12-31-22-19(20(25)26-14-27-22)21(29-31)28-17-9-5-6-10-18(17)32/h2-10,14,32H,1,11-12H2,(H,28,29)(H2,25,26,27). The third kappa shape index (κ3) is 4.28. The fourth-order valence-electron chi connectivity index (χ4n) is 3.34. The van der Waals surface area contributed by atoms with Crippen molar-refractivity contribution < 1.29 is 9.90 Å². The second-order valence-electron chi connectivity index (χ2n) is 7.05. The van der Waals surface area contributed by atoms with Crippen LogP contribution in [0.5, 0.6) is 5.75 Å². The Morgan fingerprint density at radius 3 is 2.64 bits per heavy atom. The molecule has 0 saturated heterocycles. The molecule has 0 bridgehead atoms. The van der Waals surface area contributed by atoms with Gasteiger partial charge in [0.05, 0.1) is 12.2 Å². The van der Waals surface area contributed by atoms with Gasteiger partial charge < -0.3 is 21.1 Å². The smallest absolute Gasteiger partial charge is 0.268 e. The number of para-hydroxylation sites is 3. The number of phenolic OH excluding ortho intramolecular Hbond substituents is 1. The number of amides is 1. The normalized spacial score (nSPS) is 10.5. The molecule has 0 saturated carbocycles. The summed E-state index contributed by atoms with van der Waals surface area (Å²) in [6, 6.07) is 17.5. The molecule has 0 spiro atoms. The number of nitrogens with zero attached hydrogens (tertiary/aromatic N) is 6. The fraction of sp³-hybridized carbons (Fsp3) is 0.0870. The second-order valence-corrected chi connectivity index (χ2v) is 7.05. The molecule has 1 amide bonds. The van der Waals surface area contributed by atoms with Crippen LogP contribution in [-0.2, 0) is 11.3 Å². The monoisotopic (exact) mass is 440 g/mol. The maximum atomic E-state index is 12.8. The number of hydrogen-bond acceptors (Lipinski definition) is 8. The van der Waals surface area contributed by atoms with Gasteiger partial charge in [-0.15, -0.1) is 0 Å². The van der Waals surface area contributed by atoms with E-state index in [0.717, 1.165) is 0 Å². The minimum Gasteiger partial charge on any atom is -0.506 e. The van der Waals surface area contributed by atoms with Crippen molar-refractivity contribution in [2.24, 2.45) is 0 Å². The van der Waals surface area contributed by atoms with Gasteiger partial charge in [-0.25, -0.2) is 14.6 Å². The molecule has 164 valence electrons. The first kappa shape index (κ1) is 21.3. The zero-order valence-electron chi connectivity index (χ0n) is 17.5. The number of nitriles is 1. The Morgan fingerprint density at radius 1 is 1.18 bits per heavy atom. The van der Waals surface area contributed by atoms with Gasteiger partial charge in [0.25, 0.3) is 5.91 Å². The van der Waals surface area contributed by atoms with Crippen molar-refractivity contribution in [3.05, 3.63) is 73.1 Å². The van der Waals surface area contributed by atoms with Gasteiger partial charge in [-0.3, -0.25) is 4.79 Å². The second kappa shape index (κ2) is 9.07. The summed E-state index contributed by atoms with van der Waals surface area (Å²) in [4.78, 5) is 22.6. The molecule has 10 nitrogen and oxygen atoms in total. The Bertz CT molecular complexity index is 1370. The zero-order valence-corrected chi connectivity index (χ0v) is 17.5. The fourth-order valence-corrected chi connectivity index (χ4v) is 3.34. The molecule has 2 aromatic heterocycles. The van der Waals surface area contributed by atoms with Gasteiger partial charge in [0, 0.05) is 12.2 Å². The van der Waals surface area contributed by atoms with E-state index in [9.17, 15) is 9.90 Å². The van der Waals surface area contributed by atoms with Gasteiger partial charge in [0.1, 0.15) is 34.9 Å². The number of benzene rings is 2. The van der Waals surface area contributed by atoms with Crippen molar-refractivity contribution in [2.45, 2.75) is 6.54 Å². The van der Waals surface area contributed by atoms with E-state index in [-0.39, 0.29) is 30.2 Å². The molecule has 0 aliphatic rings. The summed E-state index contributed by atoms with van der Waals surface area (Å²) < 4.78 is 1.59. The molecule has 0 aliphatic carbocycles. The molecule has 2 aromatic carbocycles. The minimum atomic E-state index is -0.498. The summed E-state index contributed by atoms with van der Waals surface area (Å²) in [6.07, 6.45) is 1.33. The lowest BCUT2D eigenvalue weighted by Gasteiger charge is -2.22. The van der Waals surface area contributed by atoms with Crippen LogP contribution in [0.3, 0.4) is 0 Å². The third-order valence-corrected chi connectivity index (χ3v) is 4.96. The molecule has 0 unspecified atom stereocenters. The number of anilines is 4. The summed E-state index contributed by atoms with van der Waals surface area (Å²) in [5.41, 5.74) is 7.45. The molecule has 4 N–H and O–H groups in total. The number of fused-ring (bicyclic) bond motifs is 1. The average Bonchev–Trinajstić information content (AvgIpc) is 3.19. The Kier molecular flexibility index (Phi) is 5.86. The number of phenols is 1. The lowest BCUT2D eigenvalue weighted by atomic mass is 10.2. The van der Waals surface area contributed by atoms with Crippen LogP contribution in [0.15, 0.2) is 73.1 Å². The summed E-state index contributed by atoms with van der Waals surface area (Å²) in [7, 11) is 0. The number of carbonyl (C=O) groups is 1. The number of nitrogens with one attached hydrogen (secondary N) is 1. The van der Waals surface area contributed by atoms with Crippen molar-refractivity contribution in [1.82, 2.24) is 19.7 Å². The molecule has 4 rings (SSSR count). The van der Waals surface area contributed by atoms with E-state index in [1.165, 1.54) is 11.2 Å². The van der Waals surface area contributed by atoms with Crippen molar-refractivity contribution in [3.8, 4) is 11.8 Å². The lowest BCUT2D eigenvalue weighted by molar-refractivity contribution is -0.114. The summed E-state index contributed by atoms with van der Waals surface area (Å²) in [6.45, 7) is 3.99. The highest BCUT2D eigenvalue weighted by Gasteiger charge is 2.21. The molecule has 0 radical (unpaired) electrons. The van der Waals surface area contributed by atoms with Gasteiger partial charge in [-0.1, -0.05) is 36.9 Å². The summed E-state index contributed by atoms with van der Waals surface area (Å²) in [5.74, 6) is 0.134. The van der Waals surface area contributed by atoms with E-state index < -0.39 is 5.91 Å². The number of nitrogen functional groups attached to an aromatic ring is 1. The van der Waals surface area contributed by atoms with Crippen LogP contribution in [0.1, 0.15) is 0 Å². The van der Waals surface area contributed by atoms with Crippen LogP contribution in [0.2, 0.25) is 0 Å². The van der Waals surface area contributed by atoms with Crippen molar-refractivity contribution in [3.63, 3.8) is 0 Å². The highest BCUT2D eigenvalue weighted by Crippen LogP contribution is 2.31. The predicted molar refractivity (Wildman–Crippen MR) is 125 cm³/mol. The average molecular weight is 440 g/mol. The number of rotatable bonds is 7. The minimum absolute atomic E-state index is 0.0477. The maximum absolute atomic E-state index is 12.8. The highest BCUT2D eigenvalue weighted by atomic mass is 16.3. The van der Waals surface area contributed by atoms with Gasteiger partial charge in [-0.2, -0.15) is 10.4 Å². The first-order valence-corrected chi connectivity index (χ1v) is 9.97. The number of nitrogens with two attached hydrogens (primary N) is 1. The molecule has 33 heavy (non-hydrogen) atoms. The first-order valence-electron chi connectivity index (χ1n) is 9.97. The summed E-state index contributed by atoms with van der Waals surface area (Å²) >= 11 is 0. The van der Waals surface area contributed by atoms with Gasteiger partial charge in [-0.05, 0) is 24.3 Å². The predicted octanol–water partition coefficient (Wildman–Crippen LogP) is 2.97. The van der Waals surface area contributed by atoms with E-state index >= 15 is 0 Å². The number of aromatic hydroxyl groups is 1. The quantitative estimate of drug-likeness (QED) is 0.226. The first-order chi connectivity index (χ1) is 16.0. The lowest BCUT2D eigenvalue weighted by Crippen LogP contribution is -2.34. The van der Waals surface area contributed by atoms with E-state index in [1.807, 2.05) is 12.1 Å². The molecule has 4 aromatic rings. The SMILES string of the molecule is C=C(C#N)C(=O)N(CCn1nc(Nc2ccccc2O)c2c(N)ncnc21)c1ccccc1. The number of carbonyl (C=O) groups excluding carboxylic acids is 1. The third-order valence-electron chi connectivity index (χ3n) is 4.96. The largest absolute Gasteiger partial charge is 0.506 e. The van der Waals surface area contributed by atoms with Crippen LogP contribution in [0.4, 0.5) is 23.0 Å². The topological polar surface area (TPSA) is 146 Å². The van der Waals surface area contributed by atoms with E-state index in [0.29, 0.717) is 28.2 Å². The van der Waals surface area contributed by atoms with Gasteiger partial charge in [0.2, 0.25) is 0 Å². The molecule has 0 aliphatic heterocycles. The van der Waals surface area contributed by atoms with Crippen LogP contribution >= 0.6 is 0 Å². The molecule has 10 heteroatoms. The molecule has 2 heterocycles. The molecule has 0 atom stereocenters. The van der Waals surface area contributed by atoms with E-state index in [4.69, 9.17) is 11.0 Å². The van der Waals surface area contributed by atoms with Gasteiger partial charge >= 0.3 is 0 Å². The summed E-state index contributed by atoms with van der Waals surface area (Å²) in [5, 5.41) is 27.4. The van der Waals surface area contributed by atoms with Gasteiger partial charge in [0.15, 0.2) is 11.5 Å². The Balaban J connectivity index is 1.69. The van der Waals surface area contributed by atoms with Crippen LogP contribution in [0.25, 0.3) is 11.0 Å². The van der Waals surface area contributed by atoms with Crippen molar-refractivity contribution in [2.75, 3.05) is 22.5 Å². The molecular weight excluding hydrogens is 420 g/mol. The van der Waals surface area contributed by atoms with Crippen LogP contribution in [-0.4, -0.2) is 37.3 Å². The Hall–Kier alpha value is -4.91. The van der Waals surface area contributed by atoms with Crippen LogP contribution in [0, 0.1) is 11.3 Å².